The van der Waals surface area contributed by atoms with Crippen LogP contribution in [0.5, 0.6) is 34.5 Å². The highest BCUT2D eigenvalue weighted by molar-refractivity contribution is 5.75. The summed E-state index contributed by atoms with van der Waals surface area (Å²) in [6.07, 6.45) is -5.98. The maximum Gasteiger partial charge on any atom is 0.573 e. The van der Waals surface area contributed by atoms with E-state index in [1.807, 2.05) is 115 Å². The van der Waals surface area contributed by atoms with Gasteiger partial charge in [0.05, 0.1) is 17.1 Å². The highest BCUT2D eigenvalue weighted by atomic mass is 19.4. The number of carbonyl (C=O) groups excluding carboxylic acids is 3. The normalized spacial score (nSPS) is 17.0. The molecule has 564 valence electrons. The standard InChI is InChI=1S/C29H26F3N3O3.C27H21F4N3O3.C26H20F3N3O3/c1-18(2)24-5-3-4-6-26(24)37-27(36)16-21-15-25(21)19-7-9-20(10-8-19)28-33-17-35(34-28)22-11-13-23(14-12-22)38-29(30,31)32;1-16-12-20(28)6-11-24(16)36-25(35)14-19-13-23(19)17-2-4-18(5-3-17)26-32-15-34(33-26)21-7-9-22(10-8-21)37-27(29,30)31;27-26(28,29)35-22-12-10-20(11-13-22)32-16-30-25(31-32)18-8-6-17(7-9-18)23-14-19(23)15-24(33)34-21-4-2-1-3-5-21/h3-14,17-18,21,25H,15-16H2,1-2H3;2-12,15,19,23H,13-14H2,1H3;1-13,16,19,23H,14-15H2. The van der Waals surface area contributed by atoms with E-state index in [-0.39, 0.29) is 77.0 Å². The van der Waals surface area contributed by atoms with Gasteiger partial charge in [-0.25, -0.2) is 33.4 Å². The molecule has 0 amide bonds. The van der Waals surface area contributed by atoms with Crippen molar-refractivity contribution < 1.29 is 86.7 Å². The minimum atomic E-state index is -4.75. The number of alkyl halides is 9. The summed E-state index contributed by atoms with van der Waals surface area (Å²) in [5.41, 5.74) is 9.02. The Kier molecular flexibility index (Phi) is 22.4. The number of nitrogens with zero attached hydrogens (tertiary/aromatic N) is 9. The van der Waals surface area contributed by atoms with Crippen LogP contribution in [0.3, 0.4) is 0 Å². The predicted molar refractivity (Wildman–Crippen MR) is 382 cm³/mol. The summed E-state index contributed by atoms with van der Waals surface area (Å²) < 4.78 is 157. The van der Waals surface area contributed by atoms with Crippen LogP contribution >= 0.6 is 0 Å². The van der Waals surface area contributed by atoms with Gasteiger partial charge in [0.2, 0.25) is 0 Å². The van der Waals surface area contributed by atoms with Crippen LogP contribution in [0.25, 0.3) is 51.2 Å². The zero-order chi connectivity index (χ0) is 77.4. The van der Waals surface area contributed by atoms with E-state index < -0.39 is 19.1 Å². The fraction of sp³-hybridized carbons (Fsp3) is 0.232. The lowest BCUT2D eigenvalue weighted by molar-refractivity contribution is -0.275. The second-order valence-corrected chi connectivity index (χ2v) is 26.8. The molecule has 3 heterocycles. The van der Waals surface area contributed by atoms with Gasteiger partial charge in [-0.05, 0) is 205 Å². The van der Waals surface area contributed by atoms with Crippen molar-refractivity contribution in [1.29, 1.82) is 0 Å². The summed E-state index contributed by atoms with van der Waals surface area (Å²) in [6, 6.07) is 60.3. The average molecular weight is 1510 g/mol. The van der Waals surface area contributed by atoms with Crippen molar-refractivity contribution in [2.75, 3.05) is 0 Å². The molecule has 0 N–H and O–H groups in total. The minimum Gasteiger partial charge on any atom is -0.427 e. The molecular weight excluding hydrogens is 1440 g/mol. The van der Waals surface area contributed by atoms with Gasteiger partial charge in [0.15, 0.2) is 17.5 Å². The van der Waals surface area contributed by atoms with Crippen LogP contribution in [-0.2, 0) is 14.4 Å². The quantitative estimate of drug-likeness (QED) is 0.0352. The summed E-state index contributed by atoms with van der Waals surface area (Å²) in [4.78, 5) is 50.0. The molecule has 0 radical (unpaired) electrons. The number of hydrogen-bond donors (Lipinski definition) is 0. The molecule has 9 aromatic carbocycles. The van der Waals surface area contributed by atoms with Crippen molar-refractivity contribution in [3.05, 3.63) is 271 Å². The minimum absolute atomic E-state index is 0.181. The first-order valence-electron chi connectivity index (χ1n) is 34.8. The highest BCUT2D eigenvalue weighted by Gasteiger charge is 2.43. The number of benzene rings is 9. The molecule has 3 aliphatic rings. The average Bonchev–Trinajstić information content (AvgIpc) is 1.65. The van der Waals surface area contributed by atoms with E-state index >= 15 is 0 Å². The third-order valence-electron chi connectivity index (χ3n) is 18.4. The van der Waals surface area contributed by atoms with E-state index in [0.717, 1.165) is 58.2 Å². The third-order valence-corrected chi connectivity index (χ3v) is 18.4. The number of aryl methyl sites for hydroxylation is 1. The second kappa shape index (κ2) is 32.5. The Morgan fingerprint density at radius 1 is 0.400 bits per heavy atom. The van der Waals surface area contributed by atoms with E-state index in [2.05, 4.69) is 58.3 Å². The van der Waals surface area contributed by atoms with Gasteiger partial charge < -0.3 is 28.4 Å². The van der Waals surface area contributed by atoms with Crippen molar-refractivity contribution in [3.63, 3.8) is 0 Å². The van der Waals surface area contributed by atoms with E-state index in [1.165, 1.54) is 124 Å². The van der Waals surface area contributed by atoms with E-state index in [4.69, 9.17) is 14.2 Å². The number of halogens is 10. The van der Waals surface area contributed by atoms with Gasteiger partial charge in [-0.2, -0.15) is 0 Å². The molecule has 6 atom stereocenters. The second-order valence-electron chi connectivity index (χ2n) is 26.8. The van der Waals surface area contributed by atoms with Crippen molar-refractivity contribution >= 4 is 17.9 Å². The van der Waals surface area contributed by atoms with Crippen molar-refractivity contribution in [3.8, 4) is 85.7 Å². The Morgan fingerprint density at radius 3 is 1.08 bits per heavy atom. The van der Waals surface area contributed by atoms with Crippen LogP contribution < -0.4 is 28.4 Å². The zero-order valence-corrected chi connectivity index (χ0v) is 58.8. The molecule has 3 fully saturated rings. The first kappa shape index (κ1) is 75.7. The molecule has 3 saturated carbocycles. The van der Waals surface area contributed by atoms with Gasteiger partial charge in [-0.15, -0.1) is 54.8 Å². The Morgan fingerprint density at radius 2 is 0.736 bits per heavy atom. The van der Waals surface area contributed by atoms with E-state index in [0.29, 0.717) is 82.0 Å². The van der Waals surface area contributed by atoms with Crippen LogP contribution in [0.15, 0.2) is 237 Å². The van der Waals surface area contributed by atoms with Crippen LogP contribution in [0.4, 0.5) is 43.9 Å². The van der Waals surface area contributed by atoms with Gasteiger partial charge in [0, 0.05) is 36.0 Å². The monoisotopic (exact) mass is 1510 g/mol. The van der Waals surface area contributed by atoms with E-state index in [1.54, 1.807) is 19.1 Å². The third kappa shape index (κ3) is 20.6. The maximum absolute atomic E-state index is 13.2. The lowest BCUT2D eigenvalue weighted by Crippen LogP contribution is -2.17. The molecule has 12 aromatic rings. The molecule has 3 aromatic heterocycles. The molecule has 0 spiro atoms. The number of carbonyl (C=O) groups is 3. The van der Waals surface area contributed by atoms with Crippen molar-refractivity contribution in [2.45, 2.75) is 102 Å². The van der Waals surface area contributed by atoms with Gasteiger partial charge in [-0.1, -0.05) is 123 Å². The predicted octanol–water partition coefficient (Wildman–Crippen LogP) is 19.4. The van der Waals surface area contributed by atoms with Crippen molar-refractivity contribution in [1.82, 2.24) is 44.3 Å². The molecule has 18 nitrogen and oxygen atoms in total. The van der Waals surface area contributed by atoms with Crippen LogP contribution in [-0.4, -0.2) is 81.3 Å². The number of aromatic nitrogens is 9. The summed E-state index contributed by atoms with van der Waals surface area (Å²) in [5.74, 6) is 2.75. The lowest BCUT2D eigenvalue weighted by atomic mass is 10.0. The Labute approximate surface area is 622 Å². The lowest BCUT2D eigenvalue weighted by Gasteiger charge is -2.12. The van der Waals surface area contributed by atoms with Gasteiger partial charge in [0.25, 0.3) is 0 Å². The Balaban J connectivity index is 0.000000145. The zero-order valence-electron chi connectivity index (χ0n) is 58.8. The summed E-state index contributed by atoms with van der Waals surface area (Å²) in [7, 11) is 0. The number of hydrogen-bond acceptors (Lipinski definition) is 15. The topological polar surface area (TPSA) is 199 Å². The smallest absolute Gasteiger partial charge is 0.427 e. The molecule has 15 rings (SSSR count). The number of para-hydroxylation sites is 2. The van der Waals surface area contributed by atoms with Crippen LogP contribution in [0, 0.1) is 30.5 Å². The molecule has 0 saturated heterocycles. The van der Waals surface area contributed by atoms with Gasteiger partial charge in [-0.3, -0.25) is 14.4 Å². The Bertz CT molecular complexity index is 5150. The molecule has 0 aliphatic heterocycles. The molecule has 3 aliphatic carbocycles. The molecule has 28 heteroatoms. The summed E-state index contributed by atoms with van der Waals surface area (Å²) >= 11 is 0. The largest absolute Gasteiger partial charge is 0.573 e. The molecule has 110 heavy (non-hydrogen) atoms. The highest BCUT2D eigenvalue weighted by Crippen LogP contribution is 2.52. The van der Waals surface area contributed by atoms with Gasteiger partial charge >= 0.3 is 37.0 Å². The van der Waals surface area contributed by atoms with Gasteiger partial charge in [0.1, 0.15) is 59.3 Å². The molecule has 0 bridgehead atoms. The SMILES string of the molecule is CC(C)c1ccccc1OC(=O)CC1CC1c1ccc(-c2ncn(-c3ccc(OC(F)(F)F)cc3)n2)cc1.Cc1cc(F)ccc1OC(=O)CC1CC1c1ccc(-c2ncn(-c3ccc(OC(F)(F)F)cc3)n2)cc1.O=C(CC1CC1c1ccc(-c2ncn(-c3ccc(OC(F)(F)F)cc3)n2)cc1)Oc1ccccc1. The number of ether oxygens (including phenoxy) is 6. The fourth-order valence-electron chi connectivity index (χ4n) is 12.7. The molecule has 6 unspecified atom stereocenters. The van der Waals surface area contributed by atoms with Crippen molar-refractivity contribution in [2.24, 2.45) is 17.8 Å². The number of rotatable bonds is 22. The van der Waals surface area contributed by atoms with E-state index in [9.17, 15) is 58.3 Å². The maximum atomic E-state index is 13.2. The first-order chi connectivity index (χ1) is 52.6. The Hall–Kier alpha value is -12.5. The summed E-state index contributed by atoms with van der Waals surface area (Å²) in [6.45, 7) is 5.83. The van der Waals surface area contributed by atoms with Crippen LogP contribution in [0.1, 0.15) is 104 Å². The molecular formula is C82H67F10N9O9. The van der Waals surface area contributed by atoms with Crippen LogP contribution in [0.2, 0.25) is 0 Å². The number of esters is 3. The first-order valence-corrected chi connectivity index (χ1v) is 34.8. The summed E-state index contributed by atoms with van der Waals surface area (Å²) in [5, 5.41) is 13.3. The fourth-order valence-corrected chi connectivity index (χ4v) is 12.7.